The van der Waals surface area contributed by atoms with Crippen molar-refractivity contribution in [1.82, 2.24) is 25.2 Å². The van der Waals surface area contributed by atoms with E-state index >= 15 is 0 Å². The maximum absolute atomic E-state index is 8.97. The zero-order valence-electron chi connectivity index (χ0n) is 8.93. The molecule has 2 aromatic rings. The van der Waals surface area contributed by atoms with Gasteiger partial charge in [-0.3, -0.25) is 0 Å². The monoisotopic (exact) mass is 221 g/mol. The molecular formula is C9H13N6O. The summed E-state index contributed by atoms with van der Waals surface area (Å²) < 4.78 is 0. The molecule has 0 fully saturated rings. The number of rotatable bonds is 4. The van der Waals surface area contributed by atoms with Gasteiger partial charge < -0.3 is 15.8 Å². The Kier molecular flexibility index (Phi) is 2.97. The molecular weight excluding hydrogens is 208 g/mol. The molecule has 0 amide bonds. The molecule has 0 aromatic carbocycles. The van der Waals surface area contributed by atoms with Gasteiger partial charge >= 0.3 is 0 Å². The molecule has 0 aliphatic rings. The van der Waals surface area contributed by atoms with Crippen LogP contribution in [0.3, 0.4) is 0 Å². The van der Waals surface area contributed by atoms with Gasteiger partial charge in [0.25, 0.3) is 0 Å². The molecule has 2 heterocycles. The van der Waals surface area contributed by atoms with Crippen LogP contribution in [0.5, 0.6) is 0 Å². The van der Waals surface area contributed by atoms with Crippen LogP contribution < -0.4 is 5.73 Å². The maximum Gasteiger partial charge on any atom is 0.221 e. The van der Waals surface area contributed by atoms with Crippen LogP contribution in [0.15, 0.2) is 0 Å². The lowest BCUT2D eigenvalue weighted by atomic mass is 10.2. The summed E-state index contributed by atoms with van der Waals surface area (Å²) in [5, 5.41) is 20.9. The van der Waals surface area contributed by atoms with E-state index in [9.17, 15) is 0 Å². The minimum Gasteiger partial charge on any atom is -0.390 e. The van der Waals surface area contributed by atoms with Gasteiger partial charge in [-0.15, -0.1) is 10.2 Å². The second-order valence-corrected chi connectivity index (χ2v) is 3.38. The number of aryl methyl sites for hydroxylation is 1. The third kappa shape index (κ3) is 1.95. The quantitative estimate of drug-likeness (QED) is 0.628. The summed E-state index contributed by atoms with van der Waals surface area (Å²) in [4.78, 5) is 4.43. The third-order valence-corrected chi connectivity index (χ3v) is 2.15. The van der Waals surface area contributed by atoms with Gasteiger partial charge in [-0.1, -0.05) is 0 Å². The lowest BCUT2D eigenvalue weighted by Gasteiger charge is -1.93. The topological polar surface area (TPSA) is 106 Å². The summed E-state index contributed by atoms with van der Waals surface area (Å²) in [6.45, 7) is 2.78. The first-order valence-corrected chi connectivity index (χ1v) is 4.94. The van der Waals surface area contributed by atoms with Gasteiger partial charge in [-0.2, -0.15) is 4.80 Å². The van der Waals surface area contributed by atoms with Gasteiger partial charge in [0, 0.05) is 18.3 Å². The molecule has 85 valence electrons. The number of nitrogens with two attached hydrogens (primary N) is 1. The minimum absolute atomic E-state index is 0.0855. The van der Waals surface area contributed by atoms with E-state index in [-0.39, 0.29) is 6.61 Å². The molecule has 0 saturated carbocycles. The Hall–Kier alpha value is -1.73. The predicted molar refractivity (Wildman–Crippen MR) is 56.2 cm³/mol. The summed E-state index contributed by atoms with van der Waals surface area (Å²) in [5.41, 5.74) is 7.59. The second kappa shape index (κ2) is 4.42. The predicted octanol–water partition coefficient (Wildman–Crippen LogP) is -0.772. The number of nitrogens with zero attached hydrogens (tertiary/aromatic N) is 4. The molecule has 1 radical (unpaired) electrons. The van der Waals surface area contributed by atoms with Crippen LogP contribution in [0, 0.1) is 13.0 Å². The Bertz CT molecular complexity index is 474. The Morgan fingerprint density at radius 2 is 2.38 bits per heavy atom. The van der Waals surface area contributed by atoms with E-state index in [1.54, 1.807) is 0 Å². The summed E-state index contributed by atoms with van der Waals surface area (Å²) in [7, 11) is 0. The normalized spacial score (nSPS) is 10.9. The summed E-state index contributed by atoms with van der Waals surface area (Å²) in [6, 6.07) is 2.99. The van der Waals surface area contributed by atoms with E-state index in [1.165, 1.54) is 4.80 Å². The van der Waals surface area contributed by atoms with Crippen molar-refractivity contribution in [3.8, 4) is 11.5 Å². The van der Waals surface area contributed by atoms with Crippen molar-refractivity contribution in [2.24, 2.45) is 5.73 Å². The molecule has 0 aliphatic carbocycles. The fraction of sp³-hybridized carbons (Fsp3) is 0.444. The van der Waals surface area contributed by atoms with Crippen LogP contribution in [0.1, 0.15) is 11.3 Å². The fourth-order valence-corrected chi connectivity index (χ4v) is 1.42. The van der Waals surface area contributed by atoms with Crippen molar-refractivity contribution in [2.45, 2.75) is 20.1 Å². The van der Waals surface area contributed by atoms with Crippen LogP contribution in [0.25, 0.3) is 11.5 Å². The summed E-state index contributed by atoms with van der Waals surface area (Å²) >= 11 is 0. The van der Waals surface area contributed by atoms with Crippen molar-refractivity contribution >= 4 is 0 Å². The Morgan fingerprint density at radius 3 is 3.00 bits per heavy atom. The highest BCUT2D eigenvalue weighted by Crippen LogP contribution is 2.18. The van der Waals surface area contributed by atoms with Crippen molar-refractivity contribution in [3.05, 3.63) is 17.3 Å². The number of aromatic nitrogens is 5. The van der Waals surface area contributed by atoms with Crippen LogP contribution >= 0.6 is 0 Å². The molecule has 7 heteroatoms. The van der Waals surface area contributed by atoms with Crippen molar-refractivity contribution in [2.75, 3.05) is 6.54 Å². The molecule has 0 unspecified atom stereocenters. The average Bonchev–Trinajstić information content (AvgIpc) is 2.85. The Balaban J connectivity index is 2.30. The van der Waals surface area contributed by atoms with E-state index in [4.69, 9.17) is 10.8 Å². The molecule has 4 N–H and O–H groups in total. The van der Waals surface area contributed by atoms with Gasteiger partial charge in [-0.25, -0.2) is 0 Å². The molecule has 0 atom stereocenters. The molecule has 0 aliphatic heterocycles. The first-order valence-electron chi connectivity index (χ1n) is 4.94. The number of aromatic amines is 1. The molecule has 2 aromatic heterocycles. The van der Waals surface area contributed by atoms with E-state index in [0.29, 0.717) is 24.6 Å². The molecule has 0 bridgehead atoms. The van der Waals surface area contributed by atoms with Gasteiger partial charge in [0.05, 0.1) is 18.8 Å². The highest BCUT2D eigenvalue weighted by Gasteiger charge is 2.12. The van der Waals surface area contributed by atoms with Crippen molar-refractivity contribution < 1.29 is 5.11 Å². The molecule has 0 spiro atoms. The highest BCUT2D eigenvalue weighted by molar-refractivity contribution is 5.54. The van der Waals surface area contributed by atoms with Crippen molar-refractivity contribution in [1.29, 1.82) is 0 Å². The van der Waals surface area contributed by atoms with Gasteiger partial charge in [0.2, 0.25) is 5.82 Å². The SMILES string of the molecule is Cc1[c]c(CO)[nH]c1-c1nnn(CCN)n1. The second-order valence-electron chi connectivity index (χ2n) is 3.38. The lowest BCUT2D eigenvalue weighted by molar-refractivity contribution is 0.277. The number of hydrogen-bond donors (Lipinski definition) is 3. The number of hydrogen-bond acceptors (Lipinski definition) is 5. The smallest absolute Gasteiger partial charge is 0.221 e. The number of H-pyrrole nitrogens is 1. The molecule has 16 heavy (non-hydrogen) atoms. The van der Waals surface area contributed by atoms with Crippen LogP contribution in [-0.2, 0) is 13.2 Å². The van der Waals surface area contributed by atoms with E-state index < -0.39 is 0 Å². The van der Waals surface area contributed by atoms with Crippen LogP contribution in [-0.4, -0.2) is 36.8 Å². The van der Waals surface area contributed by atoms with E-state index in [1.807, 2.05) is 6.92 Å². The van der Waals surface area contributed by atoms with Gasteiger partial charge in [-0.05, 0) is 17.7 Å². The van der Waals surface area contributed by atoms with E-state index in [2.05, 4.69) is 26.5 Å². The van der Waals surface area contributed by atoms with Crippen LogP contribution in [0.4, 0.5) is 0 Å². The Morgan fingerprint density at radius 1 is 1.56 bits per heavy atom. The first kappa shape index (κ1) is 10.8. The highest BCUT2D eigenvalue weighted by atomic mass is 16.3. The molecule has 2 rings (SSSR count). The minimum atomic E-state index is -0.0855. The summed E-state index contributed by atoms with van der Waals surface area (Å²) in [5.74, 6) is 0.488. The third-order valence-electron chi connectivity index (χ3n) is 2.15. The number of tetrazole rings is 1. The van der Waals surface area contributed by atoms with E-state index in [0.717, 1.165) is 11.3 Å². The van der Waals surface area contributed by atoms with Crippen LogP contribution in [0.2, 0.25) is 0 Å². The lowest BCUT2D eigenvalue weighted by Crippen LogP contribution is -2.12. The summed E-state index contributed by atoms with van der Waals surface area (Å²) in [6.07, 6.45) is 0. The number of nitrogens with one attached hydrogen (secondary N) is 1. The average molecular weight is 221 g/mol. The zero-order valence-corrected chi connectivity index (χ0v) is 8.93. The zero-order chi connectivity index (χ0) is 11.5. The fourth-order valence-electron chi connectivity index (χ4n) is 1.42. The first-order chi connectivity index (χ1) is 7.74. The largest absolute Gasteiger partial charge is 0.390 e. The standard InChI is InChI=1S/C9H13N6O/c1-6-4-7(5-16)11-8(6)9-12-14-15(13-9)3-2-10/h11,16H,2-3,5,10H2,1H3. The molecule has 0 saturated heterocycles. The molecule has 7 nitrogen and oxygen atoms in total. The van der Waals surface area contributed by atoms with Gasteiger partial charge in [0.15, 0.2) is 0 Å². The number of aliphatic hydroxyl groups excluding tert-OH is 1. The van der Waals surface area contributed by atoms with Gasteiger partial charge in [0.1, 0.15) is 0 Å². The maximum atomic E-state index is 8.97. The number of aliphatic hydroxyl groups is 1. The Labute approximate surface area is 92.3 Å². The van der Waals surface area contributed by atoms with Crippen molar-refractivity contribution in [3.63, 3.8) is 0 Å².